The molecule has 0 heterocycles. The minimum absolute atomic E-state index is 0.0276. The normalized spacial score (nSPS) is 11.7. The second kappa shape index (κ2) is 6.89. The molecular formula is C13H14ClNO4. The Hall–Kier alpha value is -1.88. The van der Waals surface area contributed by atoms with Gasteiger partial charge in [0.1, 0.15) is 6.04 Å². The largest absolute Gasteiger partial charge is 0.480 e. The zero-order valence-electron chi connectivity index (χ0n) is 10.4. The Morgan fingerprint density at radius 2 is 1.79 bits per heavy atom. The number of nitrogens with one attached hydrogen (secondary N) is 1. The number of carbonyl (C=O) groups excluding carboxylic acids is 2. The van der Waals surface area contributed by atoms with E-state index < -0.39 is 17.9 Å². The van der Waals surface area contributed by atoms with Gasteiger partial charge < -0.3 is 10.4 Å². The summed E-state index contributed by atoms with van der Waals surface area (Å²) in [6, 6.07) is 5.41. The van der Waals surface area contributed by atoms with Crippen molar-refractivity contribution in [1.82, 2.24) is 5.32 Å². The molecule has 1 atom stereocenters. The van der Waals surface area contributed by atoms with Gasteiger partial charge in [-0.3, -0.25) is 14.4 Å². The number of amides is 1. The highest BCUT2D eigenvalue weighted by molar-refractivity contribution is 6.30. The van der Waals surface area contributed by atoms with Gasteiger partial charge >= 0.3 is 5.97 Å². The zero-order chi connectivity index (χ0) is 14.4. The first-order chi connectivity index (χ1) is 8.90. The van der Waals surface area contributed by atoms with Crippen molar-refractivity contribution >= 4 is 29.3 Å². The van der Waals surface area contributed by atoms with Crippen LogP contribution < -0.4 is 5.32 Å². The molecule has 1 unspecified atom stereocenters. The van der Waals surface area contributed by atoms with Gasteiger partial charge in [-0.05, 0) is 31.2 Å². The van der Waals surface area contributed by atoms with Crippen molar-refractivity contribution < 1.29 is 19.5 Å². The van der Waals surface area contributed by atoms with Crippen molar-refractivity contribution in [3.05, 3.63) is 34.9 Å². The van der Waals surface area contributed by atoms with Crippen LogP contribution in [0.3, 0.4) is 0 Å². The van der Waals surface area contributed by atoms with Crippen LogP contribution in [-0.2, 0) is 9.59 Å². The number of Topliss-reactive ketones (excluding diaryl/α,β-unsaturated/α-hetero) is 1. The van der Waals surface area contributed by atoms with Crippen molar-refractivity contribution in [2.75, 3.05) is 0 Å². The van der Waals surface area contributed by atoms with E-state index in [2.05, 4.69) is 5.32 Å². The molecule has 1 aromatic carbocycles. The lowest BCUT2D eigenvalue weighted by Gasteiger charge is -2.08. The molecule has 0 aliphatic rings. The van der Waals surface area contributed by atoms with Gasteiger partial charge in [-0.15, -0.1) is 0 Å². The Balaban J connectivity index is 2.44. The first-order valence-corrected chi connectivity index (χ1v) is 6.09. The number of carboxylic acid groups (broad SMARTS) is 1. The molecule has 2 N–H and O–H groups in total. The van der Waals surface area contributed by atoms with E-state index in [0.29, 0.717) is 10.6 Å². The predicted molar refractivity (Wildman–Crippen MR) is 70.3 cm³/mol. The third-order valence-electron chi connectivity index (χ3n) is 2.49. The lowest BCUT2D eigenvalue weighted by atomic mass is 10.1. The first kappa shape index (κ1) is 15.2. The van der Waals surface area contributed by atoms with Crippen molar-refractivity contribution in [2.24, 2.45) is 0 Å². The Bertz CT molecular complexity index is 484. The zero-order valence-corrected chi connectivity index (χ0v) is 11.1. The van der Waals surface area contributed by atoms with Crippen molar-refractivity contribution in [3.63, 3.8) is 0 Å². The topological polar surface area (TPSA) is 83.5 Å². The van der Waals surface area contributed by atoms with Crippen molar-refractivity contribution in [3.8, 4) is 0 Å². The van der Waals surface area contributed by atoms with Gasteiger partial charge in [0.2, 0.25) is 5.91 Å². The summed E-state index contributed by atoms with van der Waals surface area (Å²) in [7, 11) is 0. The molecule has 0 radical (unpaired) electrons. The van der Waals surface area contributed by atoms with Crippen LogP contribution in [-0.4, -0.2) is 28.8 Å². The van der Waals surface area contributed by atoms with Crippen LogP contribution in [0.25, 0.3) is 0 Å². The third kappa shape index (κ3) is 5.09. The smallest absolute Gasteiger partial charge is 0.325 e. The molecule has 0 fully saturated rings. The summed E-state index contributed by atoms with van der Waals surface area (Å²) in [5.74, 6) is -1.76. The second-order valence-corrected chi connectivity index (χ2v) is 4.49. The minimum atomic E-state index is -1.11. The summed E-state index contributed by atoms with van der Waals surface area (Å²) >= 11 is 5.70. The Morgan fingerprint density at radius 1 is 1.21 bits per heavy atom. The molecule has 19 heavy (non-hydrogen) atoms. The molecular weight excluding hydrogens is 270 g/mol. The molecule has 0 saturated heterocycles. The fraction of sp³-hybridized carbons (Fsp3) is 0.308. The quantitative estimate of drug-likeness (QED) is 0.781. The molecule has 5 nitrogen and oxygen atoms in total. The van der Waals surface area contributed by atoms with E-state index in [1.165, 1.54) is 6.92 Å². The van der Waals surface area contributed by atoms with Crippen molar-refractivity contribution in [2.45, 2.75) is 25.8 Å². The minimum Gasteiger partial charge on any atom is -0.480 e. The fourth-order valence-corrected chi connectivity index (χ4v) is 1.51. The Labute approximate surface area is 115 Å². The maximum Gasteiger partial charge on any atom is 0.325 e. The van der Waals surface area contributed by atoms with Crippen LogP contribution in [0.2, 0.25) is 5.02 Å². The standard InChI is InChI=1S/C13H14ClNO4/c1-8(13(18)19)15-12(17)7-6-11(16)9-2-4-10(14)5-3-9/h2-5,8H,6-7H2,1H3,(H,15,17)(H,18,19). The highest BCUT2D eigenvalue weighted by Gasteiger charge is 2.15. The van der Waals surface area contributed by atoms with E-state index in [0.717, 1.165) is 0 Å². The summed E-state index contributed by atoms with van der Waals surface area (Å²) in [5, 5.41) is 11.4. The average molecular weight is 284 g/mol. The van der Waals surface area contributed by atoms with E-state index in [-0.39, 0.29) is 18.6 Å². The summed E-state index contributed by atoms with van der Waals surface area (Å²) in [4.78, 5) is 33.7. The van der Waals surface area contributed by atoms with Gasteiger partial charge in [0.05, 0.1) is 0 Å². The number of carbonyl (C=O) groups is 3. The van der Waals surface area contributed by atoms with Gasteiger partial charge in [-0.25, -0.2) is 0 Å². The van der Waals surface area contributed by atoms with Gasteiger partial charge in [-0.1, -0.05) is 11.6 Å². The van der Waals surface area contributed by atoms with Crippen LogP contribution in [0.5, 0.6) is 0 Å². The summed E-state index contributed by atoms with van der Waals surface area (Å²) in [5.41, 5.74) is 0.475. The van der Waals surface area contributed by atoms with Gasteiger partial charge in [-0.2, -0.15) is 0 Å². The van der Waals surface area contributed by atoms with Crippen LogP contribution in [0.1, 0.15) is 30.1 Å². The lowest BCUT2D eigenvalue weighted by Crippen LogP contribution is -2.38. The van der Waals surface area contributed by atoms with Crippen LogP contribution in [0, 0.1) is 0 Å². The van der Waals surface area contributed by atoms with E-state index >= 15 is 0 Å². The predicted octanol–water partition coefficient (Wildman–Crippen LogP) is 1.89. The monoisotopic (exact) mass is 283 g/mol. The molecule has 0 aliphatic carbocycles. The molecule has 0 bridgehead atoms. The molecule has 102 valence electrons. The van der Waals surface area contributed by atoms with Gasteiger partial charge in [0.25, 0.3) is 0 Å². The average Bonchev–Trinajstić information content (AvgIpc) is 2.36. The van der Waals surface area contributed by atoms with Crippen LogP contribution in [0.4, 0.5) is 0 Å². The number of hydrogen-bond donors (Lipinski definition) is 2. The Morgan fingerprint density at radius 3 is 2.32 bits per heavy atom. The molecule has 0 aromatic heterocycles. The molecule has 0 aliphatic heterocycles. The van der Waals surface area contributed by atoms with E-state index in [9.17, 15) is 14.4 Å². The molecule has 0 saturated carbocycles. The lowest BCUT2D eigenvalue weighted by molar-refractivity contribution is -0.141. The highest BCUT2D eigenvalue weighted by Crippen LogP contribution is 2.11. The Kier molecular flexibility index (Phi) is 5.51. The second-order valence-electron chi connectivity index (χ2n) is 4.06. The summed E-state index contributed by atoms with van der Waals surface area (Å²) < 4.78 is 0. The molecule has 1 aromatic rings. The summed E-state index contributed by atoms with van der Waals surface area (Å²) in [6.45, 7) is 1.36. The van der Waals surface area contributed by atoms with Gasteiger partial charge in [0, 0.05) is 23.4 Å². The maximum absolute atomic E-state index is 11.7. The van der Waals surface area contributed by atoms with E-state index in [4.69, 9.17) is 16.7 Å². The van der Waals surface area contributed by atoms with E-state index in [1.807, 2.05) is 0 Å². The van der Waals surface area contributed by atoms with Crippen LogP contribution in [0.15, 0.2) is 24.3 Å². The molecule has 0 spiro atoms. The van der Waals surface area contributed by atoms with E-state index in [1.54, 1.807) is 24.3 Å². The molecule has 1 amide bonds. The van der Waals surface area contributed by atoms with Crippen LogP contribution >= 0.6 is 11.6 Å². The SMILES string of the molecule is CC(NC(=O)CCC(=O)c1ccc(Cl)cc1)C(=O)O. The number of ketones is 1. The number of benzene rings is 1. The number of aliphatic carboxylic acids is 1. The summed E-state index contributed by atoms with van der Waals surface area (Å²) in [6.07, 6.45) is -0.0150. The number of hydrogen-bond acceptors (Lipinski definition) is 3. The van der Waals surface area contributed by atoms with Crippen molar-refractivity contribution in [1.29, 1.82) is 0 Å². The number of halogens is 1. The molecule has 6 heteroatoms. The fourth-order valence-electron chi connectivity index (χ4n) is 1.38. The molecule has 1 rings (SSSR count). The van der Waals surface area contributed by atoms with Gasteiger partial charge in [0.15, 0.2) is 5.78 Å². The highest BCUT2D eigenvalue weighted by atomic mass is 35.5. The first-order valence-electron chi connectivity index (χ1n) is 5.71. The maximum atomic E-state index is 11.7. The third-order valence-corrected chi connectivity index (χ3v) is 2.75. The number of rotatable bonds is 6. The number of carboxylic acids is 1.